The highest BCUT2D eigenvalue weighted by molar-refractivity contribution is 6.55. The van der Waals surface area contributed by atoms with Gasteiger partial charge in [-0.25, -0.2) is 0 Å². The molecule has 2 nitrogen and oxygen atoms in total. The number of nitrogens with one attached hydrogen (secondary N) is 2. The van der Waals surface area contributed by atoms with Crippen LogP contribution in [-0.2, 0) is 0 Å². The van der Waals surface area contributed by atoms with Crippen LogP contribution in [0.5, 0.6) is 0 Å². The van der Waals surface area contributed by atoms with Gasteiger partial charge in [0.25, 0.3) is 0 Å². The lowest BCUT2D eigenvalue weighted by Gasteiger charge is -2.33. The molecule has 0 aliphatic carbocycles. The molecule has 1 atom stereocenters. The van der Waals surface area contributed by atoms with E-state index in [2.05, 4.69) is 51.5 Å². The molecule has 0 fully saturated rings. The second kappa shape index (κ2) is 5.78. The Kier molecular flexibility index (Phi) is 5.84. The van der Waals surface area contributed by atoms with Crippen LogP contribution in [0.3, 0.4) is 0 Å². The molecule has 80 valence electrons. The Hall–Kier alpha value is 0.137. The molecule has 0 bridgehead atoms. The maximum atomic E-state index is 3.62. The molecule has 0 aromatic carbocycles. The summed E-state index contributed by atoms with van der Waals surface area (Å²) >= 11 is 0. The van der Waals surface area contributed by atoms with Gasteiger partial charge >= 0.3 is 0 Å². The molecular weight excluding hydrogens is 176 g/mol. The standard InChI is InChI=1S/C10H26N2Si/c1-7-11-13(12-8-2)9(3)10(4,5)6/h9,11-13H,7-8H2,1-6H3. The number of hydrogen-bond acceptors (Lipinski definition) is 2. The molecule has 13 heavy (non-hydrogen) atoms. The van der Waals surface area contributed by atoms with Gasteiger partial charge in [0.05, 0.1) is 0 Å². The first-order valence-corrected chi connectivity index (χ1v) is 7.22. The summed E-state index contributed by atoms with van der Waals surface area (Å²) in [5, 5.41) is 0. The lowest BCUT2D eigenvalue weighted by atomic mass is 9.93. The molecule has 0 aromatic heterocycles. The summed E-state index contributed by atoms with van der Waals surface area (Å²) in [6.45, 7) is 15.9. The average molecular weight is 202 g/mol. The molecule has 0 heterocycles. The smallest absolute Gasteiger partial charge is 0.187 e. The lowest BCUT2D eigenvalue weighted by molar-refractivity contribution is 0.384. The first-order chi connectivity index (χ1) is 5.93. The van der Waals surface area contributed by atoms with Crippen LogP contribution < -0.4 is 9.96 Å². The molecule has 0 aromatic rings. The van der Waals surface area contributed by atoms with E-state index in [-0.39, 0.29) is 0 Å². The van der Waals surface area contributed by atoms with Gasteiger partial charge in [-0.05, 0) is 24.0 Å². The second-order valence-electron chi connectivity index (χ2n) is 4.75. The van der Waals surface area contributed by atoms with Crippen molar-refractivity contribution < 1.29 is 0 Å². The van der Waals surface area contributed by atoms with Crippen molar-refractivity contribution >= 4 is 9.12 Å². The van der Waals surface area contributed by atoms with Gasteiger partial charge in [0.15, 0.2) is 9.12 Å². The summed E-state index contributed by atoms with van der Waals surface area (Å²) in [5.41, 5.74) is 1.19. The first-order valence-electron chi connectivity index (χ1n) is 5.40. The molecule has 1 unspecified atom stereocenters. The van der Waals surface area contributed by atoms with E-state index < -0.39 is 9.12 Å². The second-order valence-corrected chi connectivity index (χ2v) is 7.52. The Morgan fingerprint density at radius 3 is 1.69 bits per heavy atom. The van der Waals surface area contributed by atoms with Crippen LogP contribution in [0.15, 0.2) is 0 Å². The topological polar surface area (TPSA) is 24.1 Å². The first kappa shape index (κ1) is 13.1. The van der Waals surface area contributed by atoms with Gasteiger partial charge in [-0.1, -0.05) is 41.5 Å². The van der Waals surface area contributed by atoms with Gasteiger partial charge in [0.1, 0.15) is 0 Å². The van der Waals surface area contributed by atoms with E-state index in [1.807, 2.05) is 0 Å². The fourth-order valence-electron chi connectivity index (χ4n) is 1.37. The van der Waals surface area contributed by atoms with E-state index in [4.69, 9.17) is 0 Å². The maximum Gasteiger partial charge on any atom is 0.187 e. The summed E-state index contributed by atoms with van der Waals surface area (Å²) in [6, 6.07) is 0. The third kappa shape index (κ3) is 4.79. The van der Waals surface area contributed by atoms with Crippen LogP contribution in [-0.4, -0.2) is 22.2 Å². The molecular formula is C10H26N2Si. The van der Waals surface area contributed by atoms with Crippen LogP contribution in [0.2, 0.25) is 5.54 Å². The van der Waals surface area contributed by atoms with Crippen LogP contribution >= 0.6 is 0 Å². The molecule has 0 aliphatic heterocycles. The van der Waals surface area contributed by atoms with E-state index in [9.17, 15) is 0 Å². The highest BCUT2D eigenvalue weighted by Gasteiger charge is 2.28. The lowest BCUT2D eigenvalue weighted by Crippen LogP contribution is -2.52. The fourth-order valence-corrected chi connectivity index (χ4v) is 4.10. The van der Waals surface area contributed by atoms with Crippen LogP contribution in [0.1, 0.15) is 41.5 Å². The summed E-state index contributed by atoms with van der Waals surface area (Å²) < 4.78 is 0. The monoisotopic (exact) mass is 202 g/mol. The van der Waals surface area contributed by atoms with Crippen LogP contribution in [0.25, 0.3) is 0 Å². The third-order valence-electron chi connectivity index (χ3n) is 2.71. The van der Waals surface area contributed by atoms with Crippen molar-refractivity contribution in [2.75, 3.05) is 13.1 Å². The summed E-state index contributed by atoms with van der Waals surface area (Å²) in [5.74, 6) is 0. The minimum Gasteiger partial charge on any atom is -0.328 e. The van der Waals surface area contributed by atoms with Gasteiger partial charge in [-0.2, -0.15) is 0 Å². The average Bonchev–Trinajstić information content (AvgIpc) is 2.01. The van der Waals surface area contributed by atoms with Crippen molar-refractivity contribution in [3.63, 3.8) is 0 Å². The molecule has 2 N–H and O–H groups in total. The summed E-state index contributed by atoms with van der Waals surface area (Å²) in [7, 11) is -0.953. The Morgan fingerprint density at radius 2 is 1.46 bits per heavy atom. The van der Waals surface area contributed by atoms with E-state index >= 15 is 0 Å². The van der Waals surface area contributed by atoms with E-state index in [0.29, 0.717) is 5.41 Å². The van der Waals surface area contributed by atoms with Gasteiger partial charge in [-0.15, -0.1) is 0 Å². The van der Waals surface area contributed by atoms with E-state index in [1.165, 1.54) is 0 Å². The normalized spacial score (nSPS) is 15.0. The van der Waals surface area contributed by atoms with Gasteiger partial charge in [0.2, 0.25) is 0 Å². The zero-order valence-corrected chi connectivity index (χ0v) is 11.2. The highest BCUT2D eigenvalue weighted by Crippen LogP contribution is 2.31. The molecule has 0 rings (SSSR count). The number of rotatable bonds is 5. The molecule has 0 amide bonds. The van der Waals surface area contributed by atoms with Gasteiger partial charge in [0, 0.05) is 0 Å². The molecule has 0 saturated heterocycles. The van der Waals surface area contributed by atoms with Crippen molar-refractivity contribution in [1.29, 1.82) is 0 Å². The van der Waals surface area contributed by atoms with Crippen molar-refractivity contribution in [3.8, 4) is 0 Å². The summed E-state index contributed by atoms with van der Waals surface area (Å²) in [4.78, 5) is 7.24. The Bertz CT molecular complexity index is 125. The zero-order chi connectivity index (χ0) is 10.5. The Balaban J connectivity index is 4.18. The fraction of sp³-hybridized carbons (Fsp3) is 1.00. The van der Waals surface area contributed by atoms with Crippen molar-refractivity contribution in [2.24, 2.45) is 5.41 Å². The van der Waals surface area contributed by atoms with Crippen molar-refractivity contribution in [3.05, 3.63) is 0 Å². The predicted molar refractivity (Wildman–Crippen MR) is 63.4 cm³/mol. The quantitative estimate of drug-likeness (QED) is 0.665. The minimum absolute atomic E-state index is 0.418. The SMILES string of the molecule is CCN[SiH](NCC)C(C)C(C)(C)C. The minimum atomic E-state index is -0.953. The third-order valence-corrected chi connectivity index (χ3v) is 6.41. The highest BCUT2D eigenvalue weighted by atomic mass is 28.3. The van der Waals surface area contributed by atoms with E-state index in [0.717, 1.165) is 18.6 Å². The van der Waals surface area contributed by atoms with Gasteiger partial charge < -0.3 is 9.96 Å². The molecule has 0 spiro atoms. The summed E-state index contributed by atoms with van der Waals surface area (Å²) in [6.07, 6.45) is 0. The van der Waals surface area contributed by atoms with Crippen molar-refractivity contribution in [1.82, 2.24) is 9.96 Å². The molecule has 0 saturated carbocycles. The number of hydrogen-bond donors (Lipinski definition) is 2. The Morgan fingerprint density at radius 1 is 1.08 bits per heavy atom. The van der Waals surface area contributed by atoms with Crippen LogP contribution in [0.4, 0.5) is 0 Å². The Labute approximate surface area is 85.3 Å². The molecule has 0 radical (unpaired) electrons. The van der Waals surface area contributed by atoms with Gasteiger partial charge in [-0.3, -0.25) is 0 Å². The predicted octanol–water partition coefficient (Wildman–Crippen LogP) is 1.86. The van der Waals surface area contributed by atoms with Crippen molar-refractivity contribution in [2.45, 2.75) is 47.1 Å². The maximum absolute atomic E-state index is 3.62. The molecule has 0 aliphatic rings. The van der Waals surface area contributed by atoms with E-state index in [1.54, 1.807) is 0 Å². The molecule has 3 heteroatoms. The van der Waals surface area contributed by atoms with Crippen LogP contribution in [0, 0.1) is 5.41 Å². The largest absolute Gasteiger partial charge is 0.328 e. The zero-order valence-electron chi connectivity index (χ0n) is 10.1.